The van der Waals surface area contributed by atoms with E-state index in [1.165, 1.54) is 8.99 Å². The number of halogens is 1. The number of nitrogen functional groups attached to an aromatic ring is 1. The number of benzene rings is 2. The van der Waals surface area contributed by atoms with Crippen LogP contribution in [0.1, 0.15) is 25.3 Å². The lowest BCUT2D eigenvalue weighted by Gasteiger charge is -2.35. The van der Waals surface area contributed by atoms with Gasteiger partial charge in [-0.2, -0.15) is 14.1 Å². The fraction of sp³-hybridized carbons (Fsp3) is 0.385. The molecule has 196 valence electrons. The molecular formula is C26H30ClN5O4S. The zero-order valence-corrected chi connectivity index (χ0v) is 22.2. The molecule has 1 aromatic heterocycles. The zero-order valence-electron chi connectivity index (χ0n) is 20.6. The van der Waals surface area contributed by atoms with E-state index in [1.807, 2.05) is 4.90 Å². The van der Waals surface area contributed by atoms with Crippen LogP contribution in [0, 0.1) is 5.41 Å². The molecule has 37 heavy (non-hydrogen) atoms. The van der Waals surface area contributed by atoms with Crippen LogP contribution in [0.3, 0.4) is 0 Å². The standard InChI is InChI=1S/C26H30ClN5O4S/c1-26(9-10-26)18-36-24-23(16-29-32(25(24)33)21-7-4-6-20(27)15-21)30-11-13-31(14-12-30)37(34,35)17-19-5-2-3-8-22(19)28/h2-8,15-16H,9-14,17-18,28H2,1H3. The number of sulfonamides is 1. The van der Waals surface area contributed by atoms with Crippen LogP contribution in [0.4, 0.5) is 11.4 Å². The molecule has 1 saturated carbocycles. The molecule has 1 aliphatic heterocycles. The van der Waals surface area contributed by atoms with Crippen LogP contribution in [0.15, 0.2) is 59.5 Å². The van der Waals surface area contributed by atoms with Crippen LogP contribution in [0.25, 0.3) is 5.69 Å². The minimum atomic E-state index is -3.55. The third-order valence-corrected chi connectivity index (χ3v) is 9.06. The van der Waals surface area contributed by atoms with Crippen LogP contribution < -0.4 is 20.9 Å². The van der Waals surface area contributed by atoms with Crippen molar-refractivity contribution < 1.29 is 13.2 Å². The van der Waals surface area contributed by atoms with Gasteiger partial charge in [0.15, 0.2) is 0 Å². The summed E-state index contributed by atoms with van der Waals surface area (Å²) >= 11 is 6.14. The smallest absolute Gasteiger partial charge is 0.316 e. The van der Waals surface area contributed by atoms with E-state index in [1.54, 1.807) is 54.7 Å². The molecule has 11 heteroatoms. The molecule has 0 amide bonds. The highest BCUT2D eigenvalue weighted by atomic mass is 35.5. The molecule has 0 radical (unpaired) electrons. The van der Waals surface area contributed by atoms with Gasteiger partial charge in [-0.15, -0.1) is 0 Å². The van der Waals surface area contributed by atoms with E-state index in [-0.39, 0.29) is 35.6 Å². The molecule has 9 nitrogen and oxygen atoms in total. The first-order chi connectivity index (χ1) is 17.7. The Morgan fingerprint density at radius 2 is 1.81 bits per heavy atom. The van der Waals surface area contributed by atoms with Crippen molar-refractivity contribution in [3.05, 3.63) is 75.7 Å². The fourth-order valence-electron chi connectivity index (χ4n) is 4.35. The number of nitrogens with two attached hydrogens (primary N) is 1. The quantitative estimate of drug-likeness (QED) is 0.434. The minimum Gasteiger partial charge on any atom is -0.486 e. The molecule has 0 atom stereocenters. The van der Waals surface area contributed by atoms with Gasteiger partial charge in [-0.05, 0) is 42.7 Å². The molecule has 3 aromatic rings. The van der Waals surface area contributed by atoms with Crippen LogP contribution in [-0.2, 0) is 15.8 Å². The summed E-state index contributed by atoms with van der Waals surface area (Å²) in [5.74, 6) is 0.0700. The Balaban J connectivity index is 1.37. The highest BCUT2D eigenvalue weighted by Crippen LogP contribution is 2.45. The molecule has 2 N–H and O–H groups in total. The Morgan fingerprint density at radius 1 is 1.08 bits per heavy atom. The van der Waals surface area contributed by atoms with Crippen molar-refractivity contribution in [2.24, 2.45) is 5.41 Å². The van der Waals surface area contributed by atoms with Gasteiger partial charge in [0, 0.05) is 42.3 Å². The molecule has 2 fully saturated rings. The SMILES string of the molecule is CC1(COc2c(N3CCN(S(=O)(=O)Cc4ccccc4N)CC3)cnn(-c3cccc(Cl)c3)c2=O)CC1. The van der Waals surface area contributed by atoms with Gasteiger partial charge >= 0.3 is 5.56 Å². The van der Waals surface area contributed by atoms with Crippen molar-refractivity contribution in [2.45, 2.75) is 25.5 Å². The first-order valence-electron chi connectivity index (χ1n) is 12.2. The highest BCUT2D eigenvalue weighted by Gasteiger charge is 2.39. The molecule has 1 saturated heterocycles. The molecule has 1 aliphatic carbocycles. The summed E-state index contributed by atoms with van der Waals surface area (Å²) in [7, 11) is -3.55. The normalized spacial score (nSPS) is 17.5. The summed E-state index contributed by atoms with van der Waals surface area (Å²) in [5, 5.41) is 4.89. The average molecular weight is 544 g/mol. The van der Waals surface area contributed by atoms with E-state index in [0.717, 1.165) is 12.8 Å². The number of rotatable bonds is 8. The third-order valence-electron chi connectivity index (χ3n) is 7.00. The number of aromatic nitrogens is 2. The van der Waals surface area contributed by atoms with Gasteiger partial charge in [0.25, 0.3) is 0 Å². The summed E-state index contributed by atoms with van der Waals surface area (Å²) in [6, 6.07) is 13.9. The van der Waals surface area contributed by atoms with Gasteiger partial charge in [-0.3, -0.25) is 4.79 Å². The predicted molar refractivity (Wildman–Crippen MR) is 145 cm³/mol. The largest absolute Gasteiger partial charge is 0.486 e. The van der Waals surface area contributed by atoms with Crippen molar-refractivity contribution in [1.29, 1.82) is 0 Å². The molecule has 2 aliphatic rings. The predicted octanol–water partition coefficient (Wildman–Crippen LogP) is 3.30. The first-order valence-corrected chi connectivity index (χ1v) is 14.2. The molecule has 2 heterocycles. The number of nitrogens with zero attached hydrogens (tertiary/aromatic N) is 4. The number of piperazine rings is 1. The zero-order chi connectivity index (χ0) is 26.2. The summed E-state index contributed by atoms with van der Waals surface area (Å²) in [6.45, 7) is 3.93. The lowest BCUT2D eigenvalue weighted by molar-refractivity contribution is 0.242. The monoisotopic (exact) mass is 543 g/mol. The van der Waals surface area contributed by atoms with Crippen LogP contribution in [0.5, 0.6) is 5.75 Å². The first kappa shape index (κ1) is 25.6. The maximum atomic E-state index is 13.5. The summed E-state index contributed by atoms with van der Waals surface area (Å²) in [5.41, 5.74) is 7.81. The van der Waals surface area contributed by atoms with Gasteiger partial charge in [0.05, 0.1) is 24.2 Å². The lowest BCUT2D eigenvalue weighted by atomic mass is 10.2. The van der Waals surface area contributed by atoms with E-state index in [0.29, 0.717) is 47.3 Å². The average Bonchev–Trinajstić information content (AvgIpc) is 3.61. The van der Waals surface area contributed by atoms with E-state index in [4.69, 9.17) is 22.1 Å². The number of hydrogen-bond donors (Lipinski definition) is 1. The second-order valence-corrected chi connectivity index (χ2v) is 12.4. The lowest BCUT2D eigenvalue weighted by Crippen LogP contribution is -2.49. The Bertz CT molecular complexity index is 1460. The summed E-state index contributed by atoms with van der Waals surface area (Å²) in [6.07, 6.45) is 3.72. The number of ether oxygens (including phenoxy) is 1. The molecular weight excluding hydrogens is 514 g/mol. The van der Waals surface area contributed by atoms with E-state index >= 15 is 0 Å². The summed E-state index contributed by atoms with van der Waals surface area (Å²) in [4.78, 5) is 15.5. The van der Waals surface area contributed by atoms with Gasteiger partial charge < -0.3 is 15.4 Å². The van der Waals surface area contributed by atoms with Crippen molar-refractivity contribution in [2.75, 3.05) is 43.4 Å². The molecule has 2 aromatic carbocycles. The van der Waals surface area contributed by atoms with Crippen molar-refractivity contribution in [1.82, 2.24) is 14.1 Å². The third kappa shape index (κ3) is 5.61. The van der Waals surface area contributed by atoms with Gasteiger partial charge in [-0.25, -0.2) is 8.42 Å². The maximum Gasteiger partial charge on any atom is 0.316 e. The Kier molecular flexibility index (Phi) is 6.91. The van der Waals surface area contributed by atoms with E-state index in [2.05, 4.69) is 12.0 Å². The number of anilines is 2. The Hall–Kier alpha value is -3.08. The summed E-state index contributed by atoms with van der Waals surface area (Å²) < 4.78 is 35.0. The number of hydrogen-bond acceptors (Lipinski definition) is 7. The van der Waals surface area contributed by atoms with Crippen molar-refractivity contribution >= 4 is 33.0 Å². The van der Waals surface area contributed by atoms with E-state index in [9.17, 15) is 13.2 Å². The second kappa shape index (κ2) is 10.00. The van der Waals surface area contributed by atoms with Crippen LogP contribution in [0.2, 0.25) is 5.02 Å². The fourth-order valence-corrected chi connectivity index (χ4v) is 6.09. The molecule has 5 rings (SSSR count). The van der Waals surface area contributed by atoms with Gasteiger partial charge in [-0.1, -0.05) is 42.8 Å². The maximum absolute atomic E-state index is 13.5. The Labute approximate surface area is 221 Å². The molecule has 0 unspecified atom stereocenters. The molecule has 0 spiro atoms. The van der Waals surface area contributed by atoms with Crippen molar-refractivity contribution in [3.63, 3.8) is 0 Å². The minimum absolute atomic E-state index is 0.0694. The molecule has 0 bridgehead atoms. The van der Waals surface area contributed by atoms with Gasteiger partial charge in [0.2, 0.25) is 15.8 Å². The Morgan fingerprint density at radius 3 is 2.49 bits per heavy atom. The topological polar surface area (TPSA) is 111 Å². The second-order valence-electron chi connectivity index (χ2n) is 10.00. The van der Waals surface area contributed by atoms with Gasteiger partial charge in [0.1, 0.15) is 5.69 Å². The van der Waals surface area contributed by atoms with Crippen LogP contribution in [-0.4, -0.2) is 55.3 Å². The van der Waals surface area contributed by atoms with E-state index < -0.39 is 10.0 Å². The number of para-hydroxylation sites is 1. The van der Waals surface area contributed by atoms with Crippen molar-refractivity contribution in [3.8, 4) is 11.4 Å². The van der Waals surface area contributed by atoms with Crippen LogP contribution >= 0.6 is 11.6 Å². The highest BCUT2D eigenvalue weighted by molar-refractivity contribution is 7.88.